The SMILES string of the molecule is CC1CN(OCc2ccccc2)C(=O)C1NC(=O)Oc1cccc2c1=CC=CNC=2. The number of hydrogen-bond donors (Lipinski definition) is 2. The predicted octanol–water partition coefficient (Wildman–Crippen LogP) is 1.39. The van der Waals surface area contributed by atoms with Crippen LogP contribution in [0.15, 0.2) is 60.8 Å². The molecule has 154 valence electrons. The minimum absolute atomic E-state index is 0.110. The van der Waals surface area contributed by atoms with Crippen LogP contribution in [0.25, 0.3) is 12.3 Å². The number of amides is 2. The number of benzene rings is 2. The maximum absolute atomic E-state index is 12.7. The maximum atomic E-state index is 12.7. The van der Waals surface area contributed by atoms with E-state index >= 15 is 0 Å². The third kappa shape index (κ3) is 4.36. The molecular formula is C23H23N3O4. The summed E-state index contributed by atoms with van der Waals surface area (Å²) in [6.07, 6.45) is 6.62. The molecule has 2 N–H and O–H groups in total. The van der Waals surface area contributed by atoms with Crippen LogP contribution in [-0.2, 0) is 16.2 Å². The van der Waals surface area contributed by atoms with Gasteiger partial charge >= 0.3 is 6.09 Å². The van der Waals surface area contributed by atoms with Gasteiger partial charge in [-0.25, -0.2) is 9.86 Å². The summed E-state index contributed by atoms with van der Waals surface area (Å²) in [5.41, 5.74) is 0.968. The summed E-state index contributed by atoms with van der Waals surface area (Å²) in [5.74, 6) is 0.0277. The van der Waals surface area contributed by atoms with Gasteiger partial charge in [-0.2, -0.15) is 0 Å². The van der Waals surface area contributed by atoms with Gasteiger partial charge in [0.25, 0.3) is 5.91 Å². The van der Waals surface area contributed by atoms with E-state index in [2.05, 4.69) is 10.6 Å². The topological polar surface area (TPSA) is 79.9 Å². The van der Waals surface area contributed by atoms with Gasteiger partial charge in [-0.05, 0) is 23.8 Å². The highest BCUT2D eigenvalue weighted by molar-refractivity contribution is 5.87. The Morgan fingerprint density at radius 3 is 2.87 bits per heavy atom. The van der Waals surface area contributed by atoms with Crippen LogP contribution in [0.1, 0.15) is 12.5 Å². The summed E-state index contributed by atoms with van der Waals surface area (Å²) in [7, 11) is 0. The molecule has 1 fully saturated rings. The Labute approximate surface area is 174 Å². The molecule has 2 heterocycles. The fourth-order valence-electron chi connectivity index (χ4n) is 3.45. The largest absolute Gasteiger partial charge is 0.413 e. The third-order valence-corrected chi connectivity index (χ3v) is 5.03. The number of allylic oxidation sites excluding steroid dienone is 1. The fraction of sp³-hybridized carbons (Fsp3) is 0.217. The highest BCUT2D eigenvalue weighted by Gasteiger charge is 2.40. The zero-order valence-corrected chi connectivity index (χ0v) is 16.6. The van der Waals surface area contributed by atoms with Gasteiger partial charge in [-0.1, -0.05) is 49.4 Å². The van der Waals surface area contributed by atoms with Crippen LogP contribution in [0.4, 0.5) is 4.79 Å². The molecular weight excluding hydrogens is 382 g/mol. The summed E-state index contributed by atoms with van der Waals surface area (Å²) in [6, 6.07) is 14.4. The first-order chi connectivity index (χ1) is 14.6. The number of nitrogens with zero attached hydrogens (tertiary/aromatic N) is 1. The van der Waals surface area contributed by atoms with E-state index in [1.165, 1.54) is 5.06 Å². The van der Waals surface area contributed by atoms with Crippen molar-refractivity contribution in [1.82, 2.24) is 15.7 Å². The highest BCUT2D eigenvalue weighted by atomic mass is 16.7. The van der Waals surface area contributed by atoms with Crippen molar-refractivity contribution in [3.8, 4) is 5.75 Å². The molecule has 2 unspecified atom stereocenters. The minimum Gasteiger partial charge on any atom is -0.410 e. The standard InChI is InChI=1S/C23H23N3O4/c1-16-14-26(29-15-17-7-3-2-4-8-17)22(27)21(16)25-23(28)30-20-11-5-9-18-13-24-12-6-10-19(18)20/h2-13,16,21,24H,14-15H2,1H3,(H,25,28). The number of hydroxylamine groups is 2. The number of carbonyl (C=O) groups is 2. The Morgan fingerprint density at radius 1 is 1.20 bits per heavy atom. The fourth-order valence-corrected chi connectivity index (χ4v) is 3.45. The van der Waals surface area contributed by atoms with Crippen molar-refractivity contribution in [2.24, 2.45) is 5.92 Å². The lowest BCUT2D eigenvalue weighted by atomic mass is 10.1. The average molecular weight is 405 g/mol. The number of carbonyl (C=O) groups excluding carboxylic acids is 2. The van der Waals surface area contributed by atoms with E-state index in [4.69, 9.17) is 9.57 Å². The van der Waals surface area contributed by atoms with Crippen LogP contribution in [0, 0.1) is 5.92 Å². The van der Waals surface area contributed by atoms with Crippen LogP contribution in [0.3, 0.4) is 0 Å². The summed E-state index contributed by atoms with van der Waals surface area (Å²) < 4.78 is 5.52. The van der Waals surface area contributed by atoms with Crippen molar-refractivity contribution in [2.45, 2.75) is 19.6 Å². The van der Waals surface area contributed by atoms with E-state index in [-0.39, 0.29) is 11.8 Å². The molecule has 0 spiro atoms. The van der Waals surface area contributed by atoms with Crippen molar-refractivity contribution in [1.29, 1.82) is 0 Å². The molecule has 0 saturated carbocycles. The van der Waals surface area contributed by atoms with E-state index in [1.807, 2.05) is 61.7 Å². The quantitative estimate of drug-likeness (QED) is 0.786. The lowest BCUT2D eigenvalue weighted by molar-refractivity contribution is -0.183. The summed E-state index contributed by atoms with van der Waals surface area (Å²) in [6.45, 7) is 2.58. The Morgan fingerprint density at radius 2 is 2.03 bits per heavy atom. The molecule has 4 rings (SSSR count). The molecule has 7 nitrogen and oxygen atoms in total. The highest BCUT2D eigenvalue weighted by Crippen LogP contribution is 2.19. The lowest BCUT2D eigenvalue weighted by Crippen LogP contribution is -2.45. The molecule has 2 atom stereocenters. The lowest BCUT2D eigenvalue weighted by Gasteiger charge is -2.17. The molecule has 2 aliphatic heterocycles. The number of ether oxygens (including phenoxy) is 1. The molecule has 2 aromatic carbocycles. The van der Waals surface area contributed by atoms with Crippen LogP contribution in [0.5, 0.6) is 5.75 Å². The Hall–Kier alpha value is -3.58. The molecule has 30 heavy (non-hydrogen) atoms. The zero-order valence-electron chi connectivity index (χ0n) is 16.6. The average Bonchev–Trinajstić information content (AvgIpc) is 2.92. The van der Waals surface area contributed by atoms with Gasteiger partial charge < -0.3 is 15.4 Å². The second-order valence-electron chi connectivity index (χ2n) is 7.24. The van der Waals surface area contributed by atoms with Gasteiger partial charge in [0.2, 0.25) is 0 Å². The summed E-state index contributed by atoms with van der Waals surface area (Å²) >= 11 is 0. The van der Waals surface area contributed by atoms with Gasteiger partial charge in [0.05, 0.1) is 6.54 Å². The monoisotopic (exact) mass is 405 g/mol. The molecule has 0 bridgehead atoms. The van der Waals surface area contributed by atoms with Gasteiger partial charge in [0.15, 0.2) is 0 Å². The predicted molar refractivity (Wildman–Crippen MR) is 112 cm³/mol. The summed E-state index contributed by atoms with van der Waals surface area (Å²) in [4.78, 5) is 30.9. The van der Waals surface area contributed by atoms with Gasteiger partial charge in [0.1, 0.15) is 18.4 Å². The second-order valence-corrected chi connectivity index (χ2v) is 7.24. The number of fused-ring (bicyclic) bond motifs is 1. The number of rotatable bonds is 5. The van der Waals surface area contributed by atoms with Crippen molar-refractivity contribution < 1.29 is 19.2 Å². The van der Waals surface area contributed by atoms with Crippen molar-refractivity contribution in [2.75, 3.05) is 6.54 Å². The first-order valence-electron chi connectivity index (χ1n) is 9.80. The van der Waals surface area contributed by atoms with Crippen molar-refractivity contribution >= 4 is 24.3 Å². The van der Waals surface area contributed by atoms with E-state index < -0.39 is 12.1 Å². The molecule has 1 saturated heterocycles. The van der Waals surface area contributed by atoms with Crippen LogP contribution < -0.4 is 25.8 Å². The van der Waals surface area contributed by atoms with E-state index in [0.29, 0.717) is 18.9 Å². The van der Waals surface area contributed by atoms with Gasteiger partial charge in [-0.15, -0.1) is 0 Å². The number of nitrogens with one attached hydrogen (secondary N) is 2. The van der Waals surface area contributed by atoms with Crippen molar-refractivity contribution in [3.63, 3.8) is 0 Å². The number of hydrogen-bond acceptors (Lipinski definition) is 5. The first-order valence-corrected chi connectivity index (χ1v) is 9.80. The van der Waals surface area contributed by atoms with Crippen LogP contribution in [0.2, 0.25) is 0 Å². The molecule has 2 amide bonds. The molecule has 7 heteroatoms. The Balaban J connectivity index is 1.40. The Kier molecular flexibility index (Phi) is 5.81. The third-order valence-electron chi connectivity index (χ3n) is 5.03. The second kappa shape index (κ2) is 8.84. The van der Waals surface area contributed by atoms with Crippen LogP contribution in [-0.4, -0.2) is 29.7 Å². The minimum atomic E-state index is -0.701. The molecule has 2 aliphatic rings. The zero-order chi connectivity index (χ0) is 20.9. The molecule has 0 radical (unpaired) electrons. The van der Waals surface area contributed by atoms with Gasteiger partial charge in [-0.3, -0.25) is 9.63 Å². The smallest absolute Gasteiger partial charge is 0.410 e. The molecule has 0 aromatic heterocycles. The van der Waals surface area contributed by atoms with Crippen molar-refractivity contribution in [3.05, 3.63) is 76.8 Å². The first kappa shape index (κ1) is 19.7. The summed E-state index contributed by atoms with van der Waals surface area (Å²) in [5, 5.41) is 8.71. The van der Waals surface area contributed by atoms with Crippen LogP contribution >= 0.6 is 0 Å². The normalized spacial score (nSPS) is 19.8. The van der Waals surface area contributed by atoms with Gasteiger partial charge in [0, 0.05) is 28.8 Å². The maximum Gasteiger partial charge on any atom is 0.413 e. The molecule has 2 aromatic rings. The van der Waals surface area contributed by atoms with E-state index in [1.54, 1.807) is 18.3 Å². The van der Waals surface area contributed by atoms with E-state index in [9.17, 15) is 9.59 Å². The molecule has 0 aliphatic carbocycles. The Bertz CT molecular complexity index is 1080. The van der Waals surface area contributed by atoms with E-state index in [0.717, 1.165) is 16.0 Å².